The van der Waals surface area contributed by atoms with Crippen LogP contribution < -0.4 is 16.6 Å². The summed E-state index contributed by atoms with van der Waals surface area (Å²) in [6.07, 6.45) is 1.61. The molecule has 1 fully saturated rings. The highest BCUT2D eigenvalue weighted by Crippen LogP contribution is 2.41. The topological polar surface area (TPSA) is 116 Å². The highest BCUT2D eigenvalue weighted by molar-refractivity contribution is 6.39. The normalized spacial score (nSPS) is 15.0. The van der Waals surface area contributed by atoms with Gasteiger partial charge in [-0.25, -0.2) is 9.78 Å². The second kappa shape index (κ2) is 9.04. The number of primary amides is 1. The minimum Gasteiger partial charge on any atom is -0.444 e. The third kappa shape index (κ3) is 5.68. The first-order chi connectivity index (χ1) is 14.5. The molecule has 3 N–H and O–H groups in total. The Morgan fingerprint density at radius 3 is 2.52 bits per heavy atom. The monoisotopic (exact) mass is 468 g/mol. The predicted molar refractivity (Wildman–Crippen MR) is 119 cm³/mol. The van der Waals surface area contributed by atoms with Crippen LogP contribution in [-0.2, 0) is 16.1 Å². The Hall–Kier alpha value is -2.32. The van der Waals surface area contributed by atoms with Gasteiger partial charge in [0.25, 0.3) is 5.56 Å². The van der Waals surface area contributed by atoms with E-state index >= 15 is 0 Å². The molecule has 8 nitrogen and oxygen atoms in total. The lowest BCUT2D eigenvalue weighted by atomic mass is 10.1. The van der Waals surface area contributed by atoms with Crippen molar-refractivity contribution in [2.24, 2.45) is 11.7 Å². The highest BCUT2D eigenvalue weighted by Gasteiger charge is 2.38. The average molecular weight is 469 g/mol. The molecule has 10 heteroatoms. The summed E-state index contributed by atoms with van der Waals surface area (Å²) in [4.78, 5) is 41.8. The number of amides is 2. The Bertz CT molecular complexity index is 1070. The van der Waals surface area contributed by atoms with Crippen LogP contribution in [0.1, 0.15) is 58.3 Å². The fourth-order valence-electron chi connectivity index (χ4n) is 3.39. The number of carbonyl (C=O) groups is 2. The standard InChI is InChI=1S/C21H26Cl2N4O4/c1-21(2,3)31-20(30)26-16(11-6-7-11)18-25-17-13(23)9-8-12(22)15(17)19(29)27(18)10-4-5-14(24)28/h8-9,11,16H,4-7,10H2,1-3H3,(H2,24,28)(H,26,30). The molecule has 2 amide bonds. The van der Waals surface area contributed by atoms with E-state index in [4.69, 9.17) is 33.7 Å². The van der Waals surface area contributed by atoms with E-state index in [1.165, 1.54) is 4.57 Å². The molecule has 1 aromatic heterocycles. The second-order valence-corrected chi connectivity index (χ2v) is 9.53. The molecule has 0 saturated heterocycles. The first-order valence-electron chi connectivity index (χ1n) is 10.1. The molecular formula is C21H26Cl2N4O4. The molecule has 3 rings (SSSR count). The van der Waals surface area contributed by atoms with Crippen LogP contribution in [0, 0.1) is 5.92 Å². The quantitative estimate of drug-likeness (QED) is 0.637. The largest absolute Gasteiger partial charge is 0.444 e. The zero-order valence-corrected chi connectivity index (χ0v) is 19.2. The molecule has 1 heterocycles. The van der Waals surface area contributed by atoms with E-state index < -0.39 is 23.6 Å². The summed E-state index contributed by atoms with van der Waals surface area (Å²) in [7, 11) is 0. The van der Waals surface area contributed by atoms with Gasteiger partial charge in [0.15, 0.2) is 0 Å². The molecule has 1 aliphatic carbocycles. The van der Waals surface area contributed by atoms with Crippen LogP contribution in [0.5, 0.6) is 0 Å². The van der Waals surface area contributed by atoms with E-state index in [0.29, 0.717) is 12.2 Å². The molecular weight excluding hydrogens is 443 g/mol. The Morgan fingerprint density at radius 1 is 1.29 bits per heavy atom. The number of halogens is 2. The van der Waals surface area contributed by atoms with Gasteiger partial charge in [-0.3, -0.25) is 14.2 Å². The number of benzene rings is 1. The summed E-state index contributed by atoms with van der Waals surface area (Å²) < 4.78 is 6.86. The first-order valence-corrected chi connectivity index (χ1v) is 10.9. The van der Waals surface area contributed by atoms with Gasteiger partial charge < -0.3 is 15.8 Å². The second-order valence-electron chi connectivity index (χ2n) is 8.71. The lowest BCUT2D eigenvalue weighted by Crippen LogP contribution is -2.39. The van der Waals surface area contributed by atoms with E-state index in [9.17, 15) is 14.4 Å². The number of carbonyl (C=O) groups excluding carboxylic acids is 2. The summed E-state index contributed by atoms with van der Waals surface area (Å²) in [6.45, 7) is 5.51. The van der Waals surface area contributed by atoms with Gasteiger partial charge in [0.05, 0.1) is 27.0 Å². The molecule has 168 valence electrons. The van der Waals surface area contributed by atoms with Crippen molar-refractivity contribution < 1.29 is 14.3 Å². The lowest BCUT2D eigenvalue weighted by Gasteiger charge is -2.25. The number of hydrogen-bond acceptors (Lipinski definition) is 5. The van der Waals surface area contributed by atoms with Gasteiger partial charge in [-0.05, 0) is 58.1 Å². The number of nitrogens with two attached hydrogens (primary N) is 1. The zero-order valence-electron chi connectivity index (χ0n) is 17.7. The molecule has 1 atom stereocenters. The first kappa shape index (κ1) is 23.3. The maximum absolute atomic E-state index is 13.4. The molecule has 0 radical (unpaired) electrons. The minimum atomic E-state index is -0.674. The van der Waals surface area contributed by atoms with Gasteiger partial charge in [-0.15, -0.1) is 0 Å². The number of fused-ring (bicyclic) bond motifs is 1. The van der Waals surface area contributed by atoms with Crippen molar-refractivity contribution in [3.8, 4) is 0 Å². The molecule has 1 saturated carbocycles. The summed E-state index contributed by atoms with van der Waals surface area (Å²) in [5, 5.41) is 3.58. The van der Waals surface area contributed by atoms with Crippen molar-refractivity contribution in [3.05, 3.63) is 38.4 Å². The Labute approximate surface area is 190 Å². The summed E-state index contributed by atoms with van der Waals surface area (Å²) in [5.41, 5.74) is 4.48. The molecule has 31 heavy (non-hydrogen) atoms. The molecule has 0 aliphatic heterocycles. The van der Waals surface area contributed by atoms with Gasteiger partial charge >= 0.3 is 6.09 Å². The van der Waals surface area contributed by atoms with Crippen LogP contribution in [0.2, 0.25) is 10.0 Å². The van der Waals surface area contributed by atoms with Gasteiger partial charge in [0, 0.05) is 13.0 Å². The Kier molecular flexibility index (Phi) is 6.81. The van der Waals surface area contributed by atoms with Crippen molar-refractivity contribution in [3.63, 3.8) is 0 Å². The third-order valence-corrected chi connectivity index (χ3v) is 5.51. The van der Waals surface area contributed by atoms with Crippen molar-refractivity contribution >= 4 is 46.1 Å². The maximum atomic E-state index is 13.4. The molecule has 1 aromatic carbocycles. The van der Waals surface area contributed by atoms with E-state index in [0.717, 1.165) is 12.8 Å². The molecule has 0 bridgehead atoms. The van der Waals surface area contributed by atoms with Crippen molar-refractivity contribution in [1.82, 2.24) is 14.9 Å². The van der Waals surface area contributed by atoms with Crippen LogP contribution >= 0.6 is 23.2 Å². The van der Waals surface area contributed by atoms with Crippen molar-refractivity contribution in [1.29, 1.82) is 0 Å². The highest BCUT2D eigenvalue weighted by atomic mass is 35.5. The summed E-state index contributed by atoms with van der Waals surface area (Å²) in [5.74, 6) is 0.00626. The van der Waals surface area contributed by atoms with Gasteiger partial charge in [0.2, 0.25) is 5.91 Å². The SMILES string of the molecule is CC(C)(C)OC(=O)NC(c1nc2c(Cl)ccc(Cl)c2c(=O)n1CCCC(N)=O)C1CC1. The number of aromatic nitrogens is 2. The molecule has 1 aliphatic rings. The third-order valence-electron chi connectivity index (χ3n) is 4.89. The minimum absolute atomic E-state index is 0.109. The molecule has 0 spiro atoms. The van der Waals surface area contributed by atoms with Crippen LogP contribution in [0.3, 0.4) is 0 Å². The van der Waals surface area contributed by atoms with Crippen LogP contribution in [-0.4, -0.2) is 27.2 Å². The van der Waals surface area contributed by atoms with Crippen LogP contribution in [0.4, 0.5) is 4.79 Å². The number of hydrogen-bond donors (Lipinski definition) is 2. The number of rotatable bonds is 7. The van der Waals surface area contributed by atoms with Crippen molar-refractivity contribution in [2.45, 2.75) is 64.6 Å². The van der Waals surface area contributed by atoms with E-state index in [1.54, 1.807) is 32.9 Å². The van der Waals surface area contributed by atoms with E-state index in [1.807, 2.05) is 0 Å². The number of ether oxygens (including phenoxy) is 1. The zero-order chi connectivity index (χ0) is 22.9. The van der Waals surface area contributed by atoms with E-state index in [2.05, 4.69) is 10.3 Å². The van der Waals surface area contributed by atoms with Crippen LogP contribution in [0.15, 0.2) is 16.9 Å². The van der Waals surface area contributed by atoms with E-state index in [-0.39, 0.29) is 45.4 Å². The fraction of sp³-hybridized carbons (Fsp3) is 0.524. The number of nitrogens with zero attached hydrogens (tertiary/aromatic N) is 2. The van der Waals surface area contributed by atoms with Gasteiger partial charge in [-0.1, -0.05) is 23.2 Å². The fourth-order valence-corrected chi connectivity index (χ4v) is 3.82. The number of nitrogens with one attached hydrogen (secondary N) is 1. The number of alkyl carbamates (subject to hydrolysis) is 1. The van der Waals surface area contributed by atoms with Gasteiger partial charge in [-0.2, -0.15) is 0 Å². The molecule has 1 unspecified atom stereocenters. The lowest BCUT2D eigenvalue weighted by molar-refractivity contribution is -0.118. The predicted octanol–water partition coefficient (Wildman–Crippen LogP) is 3.94. The Balaban J connectivity index is 2.10. The van der Waals surface area contributed by atoms with Crippen LogP contribution in [0.25, 0.3) is 10.9 Å². The summed E-state index contributed by atoms with van der Waals surface area (Å²) in [6, 6.07) is 2.57. The molecule has 2 aromatic rings. The maximum Gasteiger partial charge on any atom is 0.408 e. The average Bonchev–Trinajstić information content (AvgIpc) is 3.47. The summed E-state index contributed by atoms with van der Waals surface area (Å²) >= 11 is 12.6. The van der Waals surface area contributed by atoms with Crippen molar-refractivity contribution in [2.75, 3.05) is 0 Å². The smallest absolute Gasteiger partial charge is 0.408 e. The van der Waals surface area contributed by atoms with Gasteiger partial charge in [0.1, 0.15) is 11.4 Å². The Morgan fingerprint density at radius 2 is 1.94 bits per heavy atom.